The van der Waals surface area contributed by atoms with E-state index < -0.39 is 11.6 Å². The van der Waals surface area contributed by atoms with E-state index in [-0.39, 0.29) is 17.7 Å². The fraction of sp³-hybridized carbons (Fsp3) is 0.250. The molecule has 0 spiro atoms. The van der Waals surface area contributed by atoms with Crippen LogP contribution < -0.4 is 10.6 Å². The highest BCUT2D eigenvalue weighted by atomic mass is 19.1. The molecule has 1 heterocycles. The summed E-state index contributed by atoms with van der Waals surface area (Å²) in [6.45, 7) is 3.87. The molecule has 1 aromatic carbocycles. The Morgan fingerprint density at radius 1 is 1.16 bits per heavy atom. The van der Waals surface area contributed by atoms with E-state index in [0.29, 0.717) is 5.82 Å². The van der Waals surface area contributed by atoms with Gasteiger partial charge in [-0.15, -0.1) is 5.10 Å². The van der Waals surface area contributed by atoms with Gasteiger partial charge in [0.15, 0.2) is 5.82 Å². The average Bonchev–Trinajstić information content (AvgIpc) is 2.34. The minimum atomic E-state index is -0.717. The van der Waals surface area contributed by atoms with Crippen LogP contribution in [0.5, 0.6) is 0 Å². The smallest absolute Gasteiger partial charge is 0.249 e. The van der Waals surface area contributed by atoms with Crippen LogP contribution >= 0.6 is 0 Å². The van der Waals surface area contributed by atoms with Crippen molar-refractivity contribution in [1.29, 1.82) is 0 Å². The second kappa shape index (κ2) is 5.55. The van der Waals surface area contributed by atoms with Crippen molar-refractivity contribution in [2.75, 3.05) is 10.6 Å². The Kier molecular flexibility index (Phi) is 3.84. The van der Waals surface area contributed by atoms with Gasteiger partial charge in [-0.25, -0.2) is 8.78 Å². The van der Waals surface area contributed by atoms with Crippen LogP contribution in [-0.4, -0.2) is 21.2 Å². The first kappa shape index (κ1) is 13.1. The minimum absolute atomic E-state index is 0.0228. The maximum absolute atomic E-state index is 13.5. The number of hydrogen-bond acceptors (Lipinski definition) is 5. The summed E-state index contributed by atoms with van der Waals surface area (Å²) in [5.74, 6) is -0.935. The van der Waals surface area contributed by atoms with Gasteiger partial charge in [-0.2, -0.15) is 10.1 Å². The molecular weight excluding hydrogens is 252 g/mol. The van der Waals surface area contributed by atoms with E-state index in [0.717, 1.165) is 12.1 Å². The van der Waals surface area contributed by atoms with E-state index in [1.54, 1.807) is 0 Å². The highest BCUT2D eigenvalue weighted by Crippen LogP contribution is 2.21. The number of aromatic nitrogens is 3. The van der Waals surface area contributed by atoms with Crippen LogP contribution in [0.3, 0.4) is 0 Å². The number of halogens is 2. The summed E-state index contributed by atoms with van der Waals surface area (Å²) in [5, 5.41) is 12.9. The summed E-state index contributed by atoms with van der Waals surface area (Å²) < 4.78 is 26.9. The molecule has 19 heavy (non-hydrogen) atoms. The Morgan fingerprint density at radius 3 is 2.47 bits per heavy atom. The Bertz CT molecular complexity index is 554. The van der Waals surface area contributed by atoms with Crippen LogP contribution in [0.15, 0.2) is 24.4 Å². The molecule has 7 heteroatoms. The predicted octanol–water partition coefficient (Wildman–Crippen LogP) is 2.71. The molecule has 0 bridgehead atoms. The van der Waals surface area contributed by atoms with Crippen molar-refractivity contribution in [3.05, 3.63) is 36.0 Å². The topological polar surface area (TPSA) is 62.7 Å². The van der Waals surface area contributed by atoms with Crippen molar-refractivity contribution in [2.45, 2.75) is 19.9 Å². The van der Waals surface area contributed by atoms with Gasteiger partial charge in [-0.1, -0.05) is 6.07 Å². The van der Waals surface area contributed by atoms with E-state index in [9.17, 15) is 8.78 Å². The number of nitrogens with one attached hydrogen (secondary N) is 2. The Labute approximate surface area is 109 Å². The molecule has 2 N–H and O–H groups in total. The zero-order valence-electron chi connectivity index (χ0n) is 10.5. The van der Waals surface area contributed by atoms with Crippen LogP contribution in [0.2, 0.25) is 0 Å². The largest absolute Gasteiger partial charge is 0.366 e. The molecule has 0 aliphatic heterocycles. The van der Waals surface area contributed by atoms with E-state index in [1.165, 1.54) is 12.3 Å². The van der Waals surface area contributed by atoms with Gasteiger partial charge in [0.1, 0.15) is 17.3 Å². The monoisotopic (exact) mass is 265 g/mol. The van der Waals surface area contributed by atoms with Gasteiger partial charge in [0, 0.05) is 6.04 Å². The van der Waals surface area contributed by atoms with Crippen molar-refractivity contribution in [3.8, 4) is 0 Å². The normalized spacial score (nSPS) is 10.6. The fourth-order valence-electron chi connectivity index (χ4n) is 1.45. The van der Waals surface area contributed by atoms with Crippen LogP contribution in [0.4, 0.5) is 26.2 Å². The zero-order valence-corrected chi connectivity index (χ0v) is 10.5. The predicted molar refractivity (Wildman–Crippen MR) is 68.2 cm³/mol. The van der Waals surface area contributed by atoms with Crippen LogP contribution in [0, 0.1) is 11.6 Å². The summed E-state index contributed by atoms with van der Waals surface area (Å²) in [4.78, 5) is 4.06. The molecule has 0 aliphatic carbocycles. The molecule has 0 amide bonds. The van der Waals surface area contributed by atoms with Crippen molar-refractivity contribution >= 4 is 17.5 Å². The van der Waals surface area contributed by atoms with Crippen molar-refractivity contribution < 1.29 is 8.78 Å². The average molecular weight is 265 g/mol. The van der Waals surface area contributed by atoms with E-state index in [1.807, 2.05) is 13.8 Å². The molecule has 0 aliphatic rings. The van der Waals surface area contributed by atoms with Crippen LogP contribution in [0.1, 0.15) is 13.8 Å². The third kappa shape index (κ3) is 3.34. The summed E-state index contributed by atoms with van der Waals surface area (Å²) in [7, 11) is 0. The molecule has 0 radical (unpaired) electrons. The molecule has 100 valence electrons. The standard InChI is InChI=1S/C12H13F2N5/c1-7(2)16-10-6-15-19-12(17-10)18-11-8(13)4-3-5-9(11)14/h3-7H,1-2H3,(H2,16,17,18,19). The van der Waals surface area contributed by atoms with Crippen LogP contribution in [0.25, 0.3) is 0 Å². The number of hydrogen-bond donors (Lipinski definition) is 2. The molecule has 0 atom stereocenters. The highest BCUT2D eigenvalue weighted by molar-refractivity contribution is 5.55. The minimum Gasteiger partial charge on any atom is -0.366 e. The summed E-state index contributed by atoms with van der Waals surface area (Å²) in [6, 6.07) is 3.74. The number of para-hydroxylation sites is 1. The van der Waals surface area contributed by atoms with Gasteiger partial charge in [0.25, 0.3) is 0 Å². The Balaban J connectivity index is 2.24. The lowest BCUT2D eigenvalue weighted by Crippen LogP contribution is -2.12. The molecule has 2 rings (SSSR count). The second-order valence-electron chi connectivity index (χ2n) is 4.19. The van der Waals surface area contributed by atoms with Gasteiger partial charge in [-0.05, 0) is 26.0 Å². The SMILES string of the molecule is CC(C)Nc1cnnc(Nc2c(F)cccc2F)n1. The van der Waals surface area contributed by atoms with Crippen molar-refractivity contribution in [2.24, 2.45) is 0 Å². The molecule has 2 aromatic rings. The highest BCUT2D eigenvalue weighted by Gasteiger charge is 2.10. The van der Waals surface area contributed by atoms with Crippen molar-refractivity contribution in [1.82, 2.24) is 15.2 Å². The van der Waals surface area contributed by atoms with Crippen molar-refractivity contribution in [3.63, 3.8) is 0 Å². The maximum Gasteiger partial charge on any atom is 0.249 e. The summed E-state index contributed by atoms with van der Waals surface area (Å²) in [6.07, 6.45) is 1.43. The number of nitrogens with zero attached hydrogens (tertiary/aromatic N) is 3. The lowest BCUT2D eigenvalue weighted by Gasteiger charge is -2.10. The van der Waals surface area contributed by atoms with E-state index in [2.05, 4.69) is 25.8 Å². The number of benzene rings is 1. The summed E-state index contributed by atoms with van der Waals surface area (Å²) >= 11 is 0. The third-order valence-corrected chi connectivity index (χ3v) is 2.19. The lowest BCUT2D eigenvalue weighted by atomic mass is 10.3. The van der Waals surface area contributed by atoms with Gasteiger partial charge in [0.05, 0.1) is 6.20 Å². The summed E-state index contributed by atoms with van der Waals surface area (Å²) in [5.41, 5.74) is -0.300. The first-order chi connectivity index (χ1) is 9.06. The van der Waals surface area contributed by atoms with Gasteiger partial charge >= 0.3 is 0 Å². The van der Waals surface area contributed by atoms with Gasteiger partial charge < -0.3 is 10.6 Å². The van der Waals surface area contributed by atoms with Gasteiger partial charge in [-0.3, -0.25) is 0 Å². The lowest BCUT2D eigenvalue weighted by molar-refractivity contribution is 0.590. The third-order valence-electron chi connectivity index (χ3n) is 2.19. The Morgan fingerprint density at radius 2 is 1.84 bits per heavy atom. The molecule has 0 unspecified atom stereocenters. The van der Waals surface area contributed by atoms with E-state index in [4.69, 9.17) is 0 Å². The quantitative estimate of drug-likeness (QED) is 0.890. The molecule has 0 saturated heterocycles. The first-order valence-electron chi connectivity index (χ1n) is 5.73. The van der Waals surface area contributed by atoms with Gasteiger partial charge in [0.2, 0.25) is 5.95 Å². The van der Waals surface area contributed by atoms with E-state index >= 15 is 0 Å². The van der Waals surface area contributed by atoms with Crippen LogP contribution in [-0.2, 0) is 0 Å². The molecule has 0 fully saturated rings. The number of anilines is 3. The second-order valence-corrected chi connectivity index (χ2v) is 4.19. The molecule has 1 aromatic heterocycles. The fourth-order valence-corrected chi connectivity index (χ4v) is 1.45. The molecular formula is C12H13F2N5. The number of rotatable bonds is 4. The zero-order chi connectivity index (χ0) is 13.8. The molecule has 0 saturated carbocycles. The molecule has 5 nitrogen and oxygen atoms in total. The maximum atomic E-state index is 13.5. The Hall–Kier alpha value is -2.31. The first-order valence-corrected chi connectivity index (χ1v) is 5.73.